The number of hydrogen-bond donors (Lipinski definition) is 2. The zero-order valence-electron chi connectivity index (χ0n) is 10.4. The number of amides is 2. The SMILES string of the molecule is O=C1CCC(c2cc(C(=O)O)cn3cncc23)C(=O)N1. The van der Waals surface area contributed by atoms with Gasteiger partial charge >= 0.3 is 5.97 Å². The molecule has 0 saturated carbocycles. The number of nitrogens with one attached hydrogen (secondary N) is 1. The van der Waals surface area contributed by atoms with E-state index in [4.69, 9.17) is 5.11 Å². The normalized spacial score (nSPS) is 19.1. The van der Waals surface area contributed by atoms with E-state index in [1.807, 2.05) is 0 Å². The Morgan fingerprint density at radius 2 is 2.25 bits per heavy atom. The molecule has 102 valence electrons. The number of hydrogen-bond acceptors (Lipinski definition) is 4. The molecule has 3 rings (SSSR count). The van der Waals surface area contributed by atoms with Crippen LogP contribution in [0.25, 0.3) is 5.52 Å². The summed E-state index contributed by atoms with van der Waals surface area (Å²) in [5.41, 5.74) is 1.33. The molecule has 2 N–H and O–H groups in total. The van der Waals surface area contributed by atoms with E-state index in [1.54, 1.807) is 10.6 Å². The molecule has 2 aromatic heterocycles. The van der Waals surface area contributed by atoms with Gasteiger partial charge < -0.3 is 9.51 Å². The van der Waals surface area contributed by atoms with Crippen LogP contribution in [0.15, 0.2) is 24.8 Å². The number of pyridine rings is 1. The van der Waals surface area contributed by atoms with E-state index < -0.39 is 17.8 Å². The molecular weight excluding hydrogens is 262 g/mol. The lowest BCUT2D eigenvalue weighted by Gasteiger charge is -2.22. The Morgan fingerprint density at radius 3 is 2.95 bits per heavy atom. The first-order chi connectivity index (χ1) is 9.56. The molecule has 0 aliphatic carbocycles. The Balaban J connectivity index is 2.14. The van der Waals surface area contributed by atoms with E-state index in [-0.39, 0.29) is 17.9 Å². The zero-order valence-corrected chi connectivity index (χ0v) is 10.4. The molecule has 2 amide bonds. The minimum atomic E-state index is -1.07. The maximum Gasteiger partial charge on any atom is 0.337 e. The smallest absolute Gasteiger partial charge is 0.337 e. The number of carbonyl (C=O) groups is 3. The molecule has 20 heavy (non-hydrogen) atoms. The van der Waals surface area contributed by atoms with Gasteiger partial charge in [0.05, 0.1) is 29.5 Å². The summed E-state index contributed by atoms with van der Waals surface area (Å²) in [6.45, 7) is 0. The highest BCUT2D eigenvalue weighted by Gasteiger charge is 2.30. The van der Waals surface area contributed by atoms with Gasteiger partial charge in [0.2, 0.25) is 11.8 Å². The molecule has 1 aliphatic rings. The fourth-order valence-corrected chi connectivity index (χ4v) is 2.45. The largest absolute Gasteiger partial charge is 0.478 e. The van der Waals surface area contributed by atoms with Crippen LogP contribution in [-0.2, 0) is 9.59 Å². The van der Waals surface area contributed by atoms with Gasteiger partial charge in [0, 0.05) is 12.6 Å². The third-order valence-electron chi connectivity index (χ3n) is 3.41. The van der Waals surface area contributed by atoms with Gasteiger partial charge in [-0.3, -0.25) is 14.9 Å². The predicted octanol–water partition coefficient (Wildman–Crippen LogP) is 0.553. The van der Waals surface area contributed by atoms with Crippen LogP contribution < -0.4 is 5.32 Å². The number of nitrogens with zero attached hydrogens (tertiary/aromatic N) is 2. The minimum absolute atomic E-state index is 0.0789. The topological polar surface area (TPSA) is 101 Å². The van der Waals surface area contributed by atoms with Crippen molar-refractivity contribution in [1.29, 1.82) is 0 Å². The first-order valence-electron chi connectivity index (χ1n) is 6.09. The molecule has 1 unspecified atom stereocenters. The van der Waals surface area contributed by atoms with E-state index in [0.29, 0.717) is 17.5 Å². The maximum atomic E-state index is 11.9. The first kappa shape index (κ1) is 12.3. The Hall–Kier alpha value is -2.70. The van der Waals surface area contributed by atoms with Crippen molar-refractivity contribution in [2.45, 2.75) is 18.8 Å². The van der Waals surface area contributed by atoms with Crippen LogP contribution in [0.1, 0.15) is 34.7 Å². The second-order valence-corrected chi connectivity index (χ2v) is 4.68. The third-order valence-corrected chi connectivity index (χ3v) is 3.41. The molecule has 0 aromatic carbocycles. The highest BCUT2D eigenvalue weighted by molar-refractivity contribution is 6.02. The highest BCUT2D eigenvalue weighted by Crippen LogP contribution is 2.29. The zero-order chi connectivity index (χ0) is 14.3. The summed E-state index contributed by atoms with van der Waals surface area (Å²) in [5, 5.41) is 11.4. The van der Waals surface area contributed by atoms with Crippen molar-refractivity contribution >= 4 is 23.3 Å². The van der Waals surface area contributed by atoms with Gasteiger partial charge in [-0.1, -0.05) is 0 Å². The number of carboxylic acid groups (broad SMARTS) is 1. The van der Waals surface area contributed by atoms with Crippen molar-refractivity contribution in [2.24, 2.45) is 0 Å². The quantitative estimate of drug-likeness (QED) is 0.778. The molecule has 1 fully saturated rings. The summed E-state index contributed by atoms with van der Waals surface area (Å²) in [5.74, 6) is -2.31. The van der Waals surface area contributed by atoms with E-state index in [1.165, 1.54) is 18.6 Å². The number of imide groups is 1. The van der Waals surface area contributed by atoms with Crippen molar-refractivity contribution in [1.82, 2.24) is 14.7 Å². The summed E-state index contributed by atoms with van der Waals surface area (Å²) >= 11 is 0. The lowest BCUT2D eigenvalue weighted by molar-refractivity contribution is -0.134. The van der Waals surface area contributed by atoms with E-state index in [0.717, 1.165) is 0 Å². The van der Waals surface area contributed by atoms with E-state index in [9.17, 15) is 14.4 Å². The number of imidazole rings is 1. The molecule has 3 heterocycles. The van der Waals surface area contributed by atoms with Gasteiger partial charge in [-0.15, -0.1) is 0 Å². The first-order valence-corrected chi connectivity index (χ1v) is 6.09. The summed E-state index contributed by atoms with van der Waals surface area (Å²) in [6, 6.07) is 1.47. The Morgan fingerprint density at radius 1 is 1.45 bits per heavy atom. The minimum Gasteiger partial charge on any atom is -0.478 e. The molecule has 0 bridgehead atoms. The molecule has 1 aliphatic heterocycles. The van der Waals surface area contributed by atoms with Crippen LogP contribution in [0, 0.1) is 0 Å². The van der Waals surface area contributed by atoms with Gasteiger partial charge in [0.1, 0.15) is 0 Å². The second-order valence-electron chi connectivity index (χ2n) is 4.68. The lowest BCUT2D eigenvalue weighted by atomic mass is 9.89. The summed E-state index contributed by atoms with van der Waals surface area (Å²) in [4.78, 5) is 38.3. The molecular formula is C13H11N3O4. The van der Waals surface area contributed by atoms with Crippen LogP contribution in [0.3, 0.4) is 0 Å². The number of carbonyl (C=O) groups excluding carboxylic acids is 2. The molecule has 1 atom stereocenters. The van der Waals surface area contributed by atoms with Gasteiger partial charge in [-0.25, -0.2) is 9.78 Å². The summed E-state index contributed by atoms with van der Waals surface area (Å²) < 4.78 is 1.57. The highest BCUT2D eigenvalue weighted by atomic mass is 16.4. The van der Waals surface area contributed by atoms with Gasteiger partial charge in [-0.2, -0.15) is 0 Å². The van der Waals surface area contributed by atoms with Crippen LogP contribution in [0.2, 0.25) is 0 Å². The summed E-state index contributed by atoms with van der Waals surface area (Å²) in [6.07, 6.45) is 5.12. The molecule has 7 heteroatoms. The fraction of sp³-hybridized carbons (Fsp3) is 0.231. The van der Waals surface area contributed by atoms with Crippen molar-refractivity contribution in [2.75, 3.05) is 0 Å². The number of aromatic carboxylic acids is 1. The van der Waals surface area contributed by atoms with Crippen molar-refractivity contribution in [3.63, 3.8) is 0 Å². The average Bonchev–Trinajstić information content (AvgIpc) is 2.86. The second kappa shape index (κ2) is 4.44. The molecule has 0 radical (unpaired) electrons. The molecule has 7 nitrogen and oxygen atoms in total. The molecule has 0 spiro atoms. The van der Waals surface area contributed by atoms with Crippen LogP contribution in [-0.4, -0.2) is 32.3 Å². The number of carboxylic acids is 1. The maximum absolute atomic E-state index is 11.9. The van der Waals surface area contributed by atoms with Crippen LogP contribution in [0.5, 0.6) is 0 Å². The van der Waals surface area contributed by atoms with Crippen molar-refractivity contribution in [3.8, 4) is 0 Å². The Kier molecular flexibility index (Phi) is 2.74. The molecule has 2 aromatic rings. The Bertz CT molecular complexity index is 734. The predicted molar refractivity (Wildman–Crippen MR) is 67.3 cm³/mol. The van der Waals surface area contributed by atoms with E-state index >= 15 is 0 Å². The molecule has 1 saturated heterocycles. The number of aromatic nitrogens is 2. The number of rotatable bonds is 2. The van der Waals surface area contributed by atoms with Gasteiger partial charge in [0.15, 0.2) is 0 Å². The standard InChI is InChI=1S/C13H11N3O4/c17-11-2-1-8(12(18)15-11)9-3-7(13(19)20)5-16-6-14-4-10(9)16/h3-6,8H,1-2H2,(H,19,20)(H,15,17,18). The van der Waals surface area contributed by atoms with Crippen LogP contribution in [0.4, 0.5) is 0 Å². The Labute approximate surface area is 113 Å². The number of fused-ring (bicyclic) bond motifs is 1. The van der Waals surface area contributed by atoms with Crippen LogP contribution >= 0.6 is 0 Å². The third kappa shape index (κ3) is 1.93. The van der Waals surface area contributed by atoms with Crippen molar-refractivity contribution < 1.29 is 19.5 Å². The van der Waals surface area contributed by atoms with Gasteiger partial charge in [0.25, 0.3) is 0 Å². The van der Waals surface area contributed by atoms with Gasteiger partial charge in [-0.05, 0) is 18.1 Å². The van der Waals surface area contributed by atoms with E-state index in [2.05, 4.69) is 10.3 Å². The lowest BCUT2D eigenvalue weighted by Crippen LogP contribution is -2.39. The summed E-state index contributed by atoms with van der Waals surface area (Å²) in [7, 11) is 0. The average molecular weight is 273 g/mol. The monoisotopic (exact) mass is 273 g/mol. The number of piperidine rings is 1. The van der Waals surface area contributed by atoms with Crippen molar-refractivity contribution in [3.05, 3.63) is 35.9 Å². The fourth-order valence-electron chi connectivity index (χ4n) is 2.45.